The lowest BCUT2D eigenvalue weighted by Crippen LogP contribution is -2.50. The fourth-order valence-corrected chi connectivity index (χ4v) is 3.31. The third-order valence-electron chi connectivity index (χ3n) is 4.31. The molecule has 0 saturated heterocycles. The SMILES string of the molecule is CCCC(CNC(C)(C)C)N1CC(C)Cc2ccccc21. The van der Waals surface area contributed by atoms with E-state index in [0.717, 1.165) is 12.5 Å². The molecule has 1 aliphatic rings. The van der Waals surface area contributed by atoms with E-state index in [-0.39, 0.29) is 5.54 Å². The molecule has 0 bridgehead atoms. The van der Waals surface area contributed by atoms with Crippen molar-refractivity contribution >= 4 is 5.69 Å². The molecule has 0 spiro atoms. The zero-order valence-electron chi connectivity index (χ0n) is 14.4. The van der Waals surface area contributed by atoms with Gasteiger partial charge in [0, 0.05) is 30.4 Å². The second kappa shape index (κ2) is 6.83. The summed E-state index contributed by atoms with van der Waals surface area (Å²) in [4.78, 5) is 2.66. The maximum absolute atomic E-state index is 3.71. The van der Waals surface area contributed by atoms with Gasteiger partial charge in [0.25, 0.3) is 0 Å². The van der Waals surface area contributed by atoms with Crippen LogP contribution in [0.1, 0.15) is 53.0 Å². The van der Waals surface area contributed by atoms with E-state index in [1.165, 1.54) is 37.1 Å². The highest BCUT2D eigenvalue weighted by molar-refractivity contribution is 5.56. The van der Waals surface area contributed by atoms with Crippen LogP contribution in [0.3, 0.4) is 0 Å². The maximum Gasteiger partial charge on any atom is 0.0414 e. The normalized spacial score (nSPS) is 20.2. The minimum Gasteiger partial charge on any atom is -0.367 e. The average Bonchev–Trinajstić information content (AvgIpc) is 2.41. The van der Waals surface area contributed by atoms with Gasteiger partial charge < -0.3 is 10.2 Å². The minimum atomic E-state index is 0.187. The van der Waals surface area contributed by atoms with Gasteiger partial charge in [-0.3, -0.25) is 0 Å². The molecule has 2 nitrogen and oxygen atoms in total. The summed E-state index contributed by atoms with van der Waals surface area (Å²) in [7, 11) is 0. The molecule has 0 aliphatic carbocycles. The molecule has 2 rings (SSSR count). The summed E-state index contributed by atoms with van der Waals surface area (Å²) in [6, 6.07) is 9.57. The predicted octanol–water partition coefficient (Wildman–Crippen LogP) is 4.24. The molecule has 0 fully saturated rings. The van der Waals surface area contributed by atoms with Crippen LogP contribution in [-0.2, 0) is 6.42 Å². The molecule has 118 valence electrons. The molecule has 0 radical (unpaired) electrons. The van der Waals surface area contributed by atoms with E-state index < -0.39 is 0 Å². The van der Waals surface area contributed by atoms with E-state index in [1.54, 1.807) is 0 Å². The molecular formula is C19H32N2. The molecule has 2 unspecified atom stereocenters. The molecule has 0 amide bonds. The molecule has 1 heterocycles. The Balaban J connectivity index is 2.19. The standard InChI is InChI=1S/C19H32N2/c1-6-9-17(13-20-19(3,4)5)21-14-15(2)12-16-10-7-8-11-18(16)21/h7-8,10-11,15,17,20H,6,9,12-14H2,1-5H3. The molecule has 21 heavy (non-hydrogen) atoms. The van der Waals surface area contributed by atoms with Gasteiger partial charge in [-0.25, -0.2) is 0 Å². The maximum atomic E-state index is 3.71. The second-order valence-electron chi connectivity index (χ2n) is 7.66. The van der Waals surface area contributed by atoms with Gasteiger partial charge in [0.05, 0.1) is 0 Å². The Morgan fingerprint density at radius 3 is 2.67 bits per heavy atom. The lowest BCUT2D eigenvalue weighted by atomic mass is 9.91. The first-order valence-electron chi connectivity index (χ1n) is 8.50. The van der Waals surface area contributed by atoms with Crippen molar-refractivity contribution in [3.8, 4) is 0 Å². The van der Waals surface area contributed by atoms with Crippen molar-refractivity contribution < 1.29 is 0 Å². The fraction of sp³-hybridized carbons (Fsp3) is 0.684. The minimum absolute atomic E-state index is 0.187. The molecular weight excluding hydrogens is 256 g/mol. The van der Waals surface area contributed by atoms with E-state index in [4.69, 9.17) is 0 Å². The van der Waals surface area contributed by atoms with Crippen molar-refractivity contribution in [2.75, 3.05) is 18.0 Å². The highest BCUT2D eigenvalue weighted by Crippen LogP contribution is 2.31. The summed E-state index contributed by atoms with van der Waals surface area (Å²) in [6.45, 7) is 13.7. The Labute approximate surface area is 130 Å². The lowest BCUT2D eigenvalue weighted by Gasteiger charge is -2.41. The number of hydrogen-bond acceptors (Lipinski definition) is 2. The van der Waals surface area contributed by atoms with E-state index >= 15 is 0 Å². The Bertz CT molecular complexity index is 447. The molecule has 1 aliphatic heterocycles. The van der Waals surface area contributed by atoms with Gasteiger partial charge in [0.2, 0.25) is 0 Å². The van der Waals surface area contributed by atoms with Crippen LogP contribution < -0.4 is 10.2 Å². The van der Waals surface area contributed by atoms with E-state index in [1.807, 2.05) is 0 Å². The number of anilines is 1. The lowest BCUT2D eigenvalue weighted by molar-refractivity contribution is 0.374. The summed E-state index contributed by atoms with van der Waals surface area (Å²) < 4.78 is 0. The first kappa shape index (κ1) is 16.4. The predicted molar refractivity (Wildman–Crippen MR) is 93.1 cm³/mol. The average molecular weight is 288 g/mol. The number of benzene rings is 1. The molecule has 2 heteroatoms. The second-order valence-corrected chi connectivity index (χ2v) is 7.66. The molecule has 0 saturated carbocycles. The number of rotatable bonds is 5. The van der Waals surface area contributed by atoms with Crippen LogP contribution in [0.4, 0.5) is 5.69 Å². The summed E-state index contributed by atoms with van der Waals surface area (Å²) in [5.74, 6) is 0.744. The summed E-state index contributed by atoms with van der Waals surface area (Å²) >= 11 is 0. The largest absolute Gasteiger partial charge is 0.367 e. The van der Waals surface area contributed by atoms with Gasteiger partial charge in [-0.15, -0.1) is 0 Å². The fourth-order valence-electron chi connectivity index (χ4n) is 3.31. The number of fused-ring (bicyclic) bond motifs is 1. The Kier molecular flexibility index (Phi) is 5.32. The van der Waals surface area contributed by atoms with Crippen molar-refractivity contribution in [2.45, 2.75) is 65.5 Å². The zero-order chi connectivity index (χ0) is 15.5. The van der Waals surface area contributed by atoms with Gasteiger partial charge in [-0.2, -0.15) is 0 Å². The molecule has 2 atom stereocenters. The highest BCUT2D eigenvalue weighted by atomic mass is 15.2. The Hall–Kier alpha value is -1.02. The van der Waals surface area contributed by atoms with E-state index in [2.05, 4.69) is 69.1 Å². The summed E-state index contributed by atoms with van der Waals surface area (Å²) in [5.41, 5.74) is 3.17. The van der Waals surface area contributed by atoms with Crippen molar-refractivity contribution in [3.63, 3.8) is 0 Å². The Morgan fingerprint density at radius 2 is 2.00 bits per heavy atom. The van der Waals surface area contributed by atoms with Crippen LogP contribution in [0.5, 0.6) is 0 Å². The number of nitrogens with zero attached hydrogens (tertiary/aromatic N) is 1. The van der Waals surface area contributed by atoms with Gasteiger partial charge in [-0.05, 0) is 51.2 Å². The van der Waals surface area contributed by atoms with Gasteiger partial charge >= 0.3 is 0 Å². The van der Waals surface area contributed by atoms with Crippen molar-refractivity contribution in [2.24, 2.45) is 5.92 Å². The quantitative estimate of drug-likeness (QED) is 0.871. The molecule has 1 N–H and O–H groups in total. The third-order valence-corrected chi connectivity index (χ3v) is 4.31. The number of para-hydroxylation sites is 1. The molecule has 0 aromatic heterocycles. The first-order chi connectivity index (χ1) is 9.90. The van der Waals surface area contributed by atoms with Crippen LogP contribution in [0.25, 0.3) is 0 Å². The van der Waals surface area contributed by atoms with E-state index in [0.29, 0.717) is 6.04 Å². The van der Waals surface area contributed by atoms with Crippen molar-refractivity contribution in [1.29, 1.82) is 0 Å². The van der Waals surface area contributed by atoms with Crippen LogP contribution in [0.15, 0.2) is 24.3 Å². The number of nitrogens with one attached hydrogen (secondary N) is 1. The summed E-state index contributed by atoms with van der Waals surface area (Å²) in [6.07, 6.45) is 3.71. The van der Waals surface area contributed by atoms with Crippen LogP contribution in [0.2, 0.25) is 0 Å². The molecule has 1 aromatic rings. The van der Waals surface area contributed by atoms with Crippen molar-refractivity contribution in [3.05, 3.63) is 29.8 Å². The van der Waals surface area contributed by atoms with Gasteiger partial charge in [-0.1, -0.05) is 38.5 Å². The smallest absolute Gasteiger partial charge is 0.0414 e. The van der Waals surface area contributed by atoms with Crippen LogP contribution in [-0.4, -0.2) is 24.7 Å². The van der Waals surface area contributed by atoms with Crippen LogP contribution in [0, 0.1) is 5.92 Å². The topological polar surface area (TPSA) is 15.3 Å². The molecule has 1 aromatic carbocycles. The van der Waals surface area contributed by atoms with Crippen LogP contribution >= 0.6 is 0 Å². The first-order valence-corrected chi connectivity index (χ1v) is 8.50. The van der Waals surface area contributed by atoms with E-state index in [9.17, 15) is 0 Å². The Morgan fingerprint density at radius 1 is 1.29 bits per heavy atom. The zero-order valence-corrected chi connectivity index (χ0v) is 14.4. The van der Waals surface area contributed by atoms with Crippen molar-refractivity contribution in [1.82, 2.24) is 5.32 Å². The number of hydrogen-bond donors (Lipinski definition) is 1. The van der Waals surface area contributed by atoms with Gasteiger partial charge in [0.15, 0.2) is 0 Å². The highest BCUT2D eigenvalue weighted by Gasteiger charge is 2.27. The van der Waals surface area contributed by atoms with Gasteiger partial charge in [0.1, 0.15) is 0 Å². The third kappa shape index (κ3) is 4.47. The summed E-state index contributed by atoms with van der Waals surface area (Å²) in [5, 5.41) is 3.71. The monoisotopic (exact) mass is 288 g/mol.